The van der Waals surface area contributed by atoms with Crippen LogP contribution in [0.5, 0.6) is 0 Å². The van der Waals surface area contributed by atoms with Crippen LogP contribution in [0.4, 0.5) is 11.4 Å². The summed E-state index contributed by atoms with van der Waals surface area (Å²) in [5.41, 5.74) is 6.82. The number of benzene rings is 2. The van der Waals surface area contributed by atoms with Gasteiger partial charge in [-0.2, -0.15) is 0 Å². The Hall–Kier alpha value is -2.07. The molecule has 1 fully saturated rings. The van der Waals surface area contributed by atoms with E-state index in [2.05, 4.69) is 78.4 Å². The van der Waals surface area contributed by atoms with Gasteiger partial charge in [-0.05, 0) is 85.5 Å². The molecule has 4 rings (SSSR count). The van der Waals surface area contributed by atoms with Crippen LogP contribution in [0.1, 0.15) is 76.0 Å². The zero-order valence-corrected chi connectivity index (χ0v) is 21.6. The van der Waals surface area contributed by atoms with Gasteiger partial charge in [0.15, 0.2) is 5.11 Å². The minimum Gasteiger partial charge on any atom is -0.371 e. The van der Waals surface area contributed by atoms with Crippen LogP contribution in [0.15, 0.2) is 42.5 Å². The molecule has 33 heavy (non-hydrogen) atoms. The lowest BCUT2D eigenvalue weighted by Gasteiger charge is -2.40. The molecule has 178 valence electrons. The zero-order valence-electron chi connectivity index (χ0n) is 20.8. The molecule has 2 atom stereocenters. The summed E-state index contributed by atoms with van der Waals surface area (Å²) < 4.78 is 0. The second-order valence-electron chi connectivity index (χ2n) is 9.95. The molecule has 0 amide bonds. The van der Waals surface area contributed by atoms with E-state index in [4.69, 9.17) is 12.2 Å². The van der Waals surface area contributed by atoms with E-state index < -0.39 is 0 Å². The van der Waals surface area contributed by atoms with Gasteiger partial charge < -0.3 is 15.1 Å². The Balaban J connectivity index is 1.58. The number of thiocarbonyl (C=S) groups is 1. The molecule has 0 unspecified atom stereocenters. The van der Waals surface area contributed by atoms with Gasteiger partial charge in [-0.25, -0.2) is 0 Å². The lowest BCUT2D eigenvalue weighted by atomic mass is 9.84. The van der Waals surface area contributed by atoms with Crippen molar-refractivity contribution in [2.24, 2.45) is 5.92 Å². The fourth-order valence-electron chi connectivity index (χ4n) is 5.76. The maximum atomic E-state index is 6.08. The van der Waals surface area contributed by atoms with Gasteiger partial charge in [0, 0.05) is 37.1 Å². The molecular weight excluding hydrogens is 422 g/mol. The molecule has 2 aliphatic rings. The van der Waals surface area contributed by atoms with E-state index in [-0.39, 0.29) is 0 Å². The van der Waals surface area contributed by atoms with E-state index in [0.29, 0.717) is 12.0 Å². The number of aryl methyl sites for hydroxylation is 2. The molecule has 1 aliphatic heterocycles. The standard InChI is InChI=1S/C29H41N3S/c1-4-18-31-19-10-13-25-20-23(16-17-28(25)31)21-32(27-15-9-6-11-22(27)3)29(33)30-26-14-8-7-12-24(26)5-2/h7-8,12,14,16-17,20,22,27H,4-6,9-11,13,15,18-19,21H2,1-3H3,(H,30,33)/t22-,27-/m0/s1. The summed E-state index contributed by atoms with van der Waals surface area (Å²) in [6, 6.07) is 16.2. The molecule has 3 nitrogen and oxygen atoms in total. The normalized spacial score (nSPS) is 20.3. The molecule has 0 saturated heterocycles. The van der Waals surface area contributed by atoms with Gasteiger partial charge in [-0.3, -0.25) is 0 Å². The number of hydrogen-bond acceptors (Lipinski definition) is 2. The minimum absolute atomic E-state index is 0.500. The van der Waals surface area contributed by atoms with Gasteiger partial charge in [0.05, 0.1) is 0 Å². The number of rotatable bonds is 7. The van der Waals surface area contributed by atoms with Gasteiger partial charge in [-0.15, -0.1) is 0 Å². The van der Waals surface area contributed by atoms with Crippen molar-refractivity contribution in [2.75, 3.05) is 23.3 Å². The van der Waals surface area contributed by atoms with Crippen LogP contribution in [-0.4, -0.2) is 29.1 Å². The van der Waals surface area contributed by atoms with Crippen molar-refractivity contribution in [1.29, 1.82) is 0 Å². The van der Waals surface area contributed by atoms with Gasteiger partial charge in [0.2, 0.25) is 0 Å². The van der Waals surface area contributed by atoms with E-state index in [1.165, 1.54) is 73.9 Å². The summed E-state index contributed by atoms with van der Waals surface area (Å²) in [6.07, 6.45) is 9.83. The third-order valence-electron chi connectivity index (χ3n) is 7.57. The highest BCUT2D eigenvalue weighted by Gasteiger charge is 2.29. The Morgan fingerprint density at radius 3 is 2.70 bits per heavy atom. The largest absolute Gasteiger partial charge is 0.371 e. The van der Waals surface area contributed by atoms with E-state index >= 15 is 0 Å². The van der Waals surface area contributed by atoms with Crippen molar-refractivity contribution in [3.05, 3.63) is 59.2 Å². The van der Waals surface area contributed by atoms with Crippen LogP contribution in [0.2, 0.25) is 0 Å². The lowest BCUT2D eigenvalue weighted by molar-refractivity contribution is 0.177. The molecule has 2 aromatic rings. The molecule has 0 aromatic heterocycles. The second kappa shape index (κ2) is 11.4. The number of nitrogens with one attached hydrogen (secondary N) is 1. The fraction of sp³-hybridized carbons (Fsp3) is 0.552. The fourth-order valence-corrected chi connectivity index (χ4v) is 6.07. The Morgan fingerprint density at radius 2 is 1.91 bits per heavy atom. The highest BCUT2D eigenvalue weighted by atomic mass is 32.1. The second-order valence-corrected chi connectivity index (χ2v) is 10.3. The first-order valence-corrected chi connectivity index (χ1v) is 13.5. The van der Waals surface area contributed by atoms with E-state index in [0.717, 1.165) is 30.3 Å². The van der Waals surface area contributed by atoms with Crippen LogP contribution >= 0.6 is 12.2 Å². The van der Waals surface area contributed by atoms with Crippen molar-refractivity contribution in [3.63, 3.8) is 0 Å². The number of nitrogens with zero attached hydrogens (tertiary/aromatic N) is 2. The molecule has 1 aliphatic carbocycles. The zero-order chi connectivity index (χ0) is 23.2. The molecule has 0 bridgehead atoms. The summed E-state index contributed by atoms with van der Waals surface area (Å²) in [7, 11) is 0. The summed E-state index contributed by atoms with van der Waals surface area (Å²) in [5.74, 6) is 0.664. The number of anilines is 2. The minimum atomic E-state index is 0.500. The quantitative estimate of drug-likeness (QED) is 0.438. The first-order valence-electron chi connectivity index (χ1n) is 13.1. The Morgan fingerprint density at radius 1 is 1.09 bits per heavy atom. The Bertz CT molecular complexity index is 940. The van der Waals surface area contributed by atoms with Crippen LogP contribution in [0.25, 0.3) is 0 Å². The first kappa shape index (κ1) is 24.1. The molecule has 4 heteroatoms. The Labute approximate surface area is 206 Å². The number of hydrogen-bond donors (Lipinski definition) is 1. The third kappa shape index (κ3) is 5.71. The van der Waals surface area contributed by atoms with Crippen LogP contribution in [0, 0.1) is 5.92 Å². The number of fused-ring (bicyclic) bond motifs is 1. The van der Waals surface area contributed by atoms with Gasteiger partial charge in [-0.1, -0.05) is 63.9 Å². The van der Waals surface area contributed by atoms with Gasteiger partial charge >= 0.3 is 0 Å². The highest BCUT2D eigenvalue weighted by Crippen LogP contribution is 2.32. The van der Waals surface area contributed by atoms with Crippen LogP contribution in [0.3, 0.4) is 0 Å². The molecule has 1 saturated carbocycles. The average Bonchev–Trinajstić information content (AvgIpc) is 2.83. The SMILES string of the molecule is CCCN1CCCc2cc(CN(C(=S)Nc3ccccc3CC)[C@H]3CCCC[C@@H]3C)ccc21. The van der Waals surface area contributed by atoms with Crippen molar-refractivity contribution < 1.29 is 0 Å². The maximum Gasteiger partial charge on any atom is 0.173 e. The van der Waals surface area contributed by atoms with Crippen molar-refractivity contribution >= 4 is 28.7 Å². The van der Waals surface area contributed by atoms with Crippen LogP contribution < -0.4 is 10.2 Å². The Kier molecular flexibility index (Phi) is 8.29. The molecule has 1 heterocycles. The molecule has 0 spiro atoms. The van der Waals surface area contributed by atoms with Crippen molar-refractivity contribution in [2.45, 2.75) is 84.7 Å². The molecule has 2 aromatic carbocycles. The third-order valence-corrected chi connectivity index (χ3v) is 7.91. The topological polar surface area (TPSA) is 18.5 Å². The monoisotopic (exact) mass is 463 g/mol. The summed E-state index contributed by atoms with van der Waals surface area (Å²) in [5, 5.41) is 4.51. The summed E-state index contributed by atoms with van der Waals surface area (Å²) >= 11 is 6.08. The predicted octanol–water partition coefficient (Wildman–Crippen LogP) is 7.19. The summed E-state index contributed by atoms with van der Waals surface area (Å²) in [4.78, 5) is 5.07. The van der Waals surface area contributed by atoms with E-state index in [9.17, 15) is 0 Å². The highest BCUT2D eigenvalue weighted by molar-refractivity contribution is 7.80. The van der Waals surface area contributed by atoms with Crippen molar-refractivity contribution in [3.8, 4) is 0 Å². The molecular formula is C29H41N3S. The van der Waals surface area contributed by atoms with Crippen molar-refractivity contribution in [1.82, 2.24) is 4.90 Å². The van der Waals surface area contributed by atoms with E-state index in [1.807, 2.05) is 0 Å². The summed E-state index contributed by atoms with van der Waals surface area (Å²) in [6.45, 7) is 10.1. The smallest absolute Gasteiger partial charge is 0.173 e. The van der Waals surface area contributed by atoms with Crippen LogP contribution in [-0.2, 0) is 19.4 Å². The molecule has 1 N–H and O–H groups in total. The number of para-hydroxylation sites is 1. The average molecular weight is 464 g/mol. The van der Waals surface area contributed by atoms with E-state index in [1.54, 1.807) is 0 Å². The molecule has 0 radical (unpaired) electrons. The van der Waals surface area contributed by atoms with Gasteiger partial charge in [0.1, 0.15) is 0 Å². The first-order chi connectivity index (χ1) is 16.1. The predicted molar refractivity (Wildman–Crippen MR) is 146 cm³/mol. The maximum absolute atomic E-state index is 6.08. The van der Waals surface area contributed by atoms with Gasteiger partial charge in [0.25, 0.3) is 0 Å². The lowest BCUT2D eigenvalue weighted by Crippen LogP contribution is -2.46.